The Morgan fingerprint density at radius 1 is 0.720 bits per heavy atom. The largest absolute Gasteiger partial charge is 0.225 e. The summed E-state index contributed by atoms with van der Waals surface area (Å²) in [5.41, 5.74) is 5.50. The highest BCUT2D eigenvalue weighted by Crippen LogP contribution is 2.30. The summed E-state index contributed by atoms with van der Waals surface area (Å²) < 4.78 is 1.65. The third-order valence-corrected chi connectivity index (χ3v) is 4.18. The first-order valence-electron chi connectivity index (χ1n) is 8.42. The van der Waals surface area contributed by atoms with Gasteiger partial charge in [0.1, 0.15) is 11.4 Å². The molecule has 4 heteroatoms. The molecule has 0 fully saturated rings. The van der Waals surface area contributed by atoms with E-state index in [0.717, 1.165) is 33.9 Å². The van der Waals surface area contributed by atoms with Gasteiger partial charge in [-0.05, 0) is 0 Å². The molecular formula is C21H20N4. The first-order valence-corrected chi connectivity index (χ1v) is 8.42. The van der Waals surface area contributed by atoms with Crippen molar-refractivity contribution >= 4 is 5.65 Å². The van der Waals surface area contributed by atoms with Crippen LogP contribution < -0.4 is 0 Å². The Bertz CT molecular complexity index is 936. The quantitative estimate of drug-likeness (QED) is 0.533. The van der Waals surface area contributed by atoms with E-state index in [1.54, 1.807) is 4.63 Å². The van der Waals surface area contributed by atoms with Crippen LogP contribution in [0.4, 0.5) is 0 Å². The number of hydrogen-bond acceptors (Lipinski definition) is 3. The molecule has 2 aromatic carbocycles. The Hall–Kier alpha value is -3.01. The maximum absolute atomic E-state index is 4.89. The highest BCUT2D eigenvalue weighted by atomic mass is 15.4. The van der Waals surface area contributed by atoms with Crippen molar-refractivity contribution in [3.8, 4) is 22.5 Å². The van der Waals surface area contributed by atoms with Gasteiger partial charge in [0.2, 0.25) is 0 Å². The van der Waals surface area contributed by atoms with Crippen molar-refractivity contribution in [1.82, 2.24) is 19.8 Å². The van der Waals surface area contributed by atoms with Gasteiger partial charge in [0.05, 0.1) is 5.69 Å². The standard InChI is InChI=1S/C21H20N4/c1-21(2,3)17-14-18-22-19(15-10-6-4-7-11-15)20(24-25(18)23-17)16-12-8-5-9-13-16/h4-14H,1-3H3. The Morgan fingerprint density at radius 3 is 1.84 bits per heavy atom. The van der Waals surface area contributed by atoms with Crippen molar-refractivity contribution in [2.45, 2.75) is 26.2 Å². The van der Waals surface area contributed by atoms with Crippen molar-refractivity contribution in [3.05, 3.63) is 72.4 Å². The second-order valence-electron chi connectivity index (χ2n) is 7.17. The molecule has 0 amide bonds. The van der Waals surface area contributed by atoms with Gasteiger partial charge < -0.3 is 0 Å². The minimum absolute atomic E-state index is 0.0464. The molecule has 0 aliphatic carbocycles. The number of nitrogens with zero attached hydrogens (tertiary/aromatic N) is 4. The minimum atomic E-state index is -0.0464. The Labute approximate surface area is 147 Å². The third-order valence-electron chi connectivity index (χ3n) is 4.18. The van der Waals surface area contributed by atoms with Gasteiger partial charge >= 0.3 is 0 Å². The summed E-state index contributed by atoms with van der Waals surface area (Å²) in [5.74, 6) is 0. The van der Waals surface area contributed by atoms with Crippen LogP contribution >= 0.6 is 0 Å². The van der Waals surface area contributed by atoms with E-state index in [9.17, 15) is 0 Å². The van der Waals surface area contributed by atoms with Crippen LogP contribution in [0.2, 0.25) is 0 Å². The van der Waals surface area contributed by atoms with Gasteiger partial charge in [-0.15, -0.1) is 9.73 Å². The van der Waals surface area contributed by atoms with Gasteiger partial charge in [-0.25, -0.2) is 4.98 Å². The zero-order valence-corrected chi connectivity index (χ0v) is 14.6. The van der Waals surface area contributed by atoms with Crippen LogP contribution in [0, 0.1) is 0 Å². The topological polar surface area (TPSA) is 43.1 Å². The van der Waals surface area contributed by atoms with Crippen LogP contribution in [-0.2, 0) is 5.41 Å². The summed E-state index contributed by atoms with van der Waals surface area (Å²) in [4.78, 5) is 4.89. The Morgan fingerprint density at radius 2 is 1.28 bits per heavy atom. The smallest absolute Gasteiger partial charge is 0.176 e. The molecule has 0 atom stereocenters. The molecule has 0 spiro atoms. The summed E-state index contributed by atoms with van der Waals surface area (Å²) in [6, 6.07) is 22.3. The van der Waals surface area contributed by atoms with Gasteiger partial charge in [-0.3, -0.25) is 0 Å². The van der Waals surface area contributed by atoms with Crippen molar-refractivity contribution in [2.24, 2.45) is 0 Å². The molecule has 0 saturated carbocycles. The predicted octanol–water partition coefficient (Wildman–Crippen LogP) is 4.76. The molecule has 4 rings (SSSR count). The fourth-order valence-corrected chi connectivity index (χ4v) is 2.78. The van der Waals surface area contributed by atoms with E-state index in [0.29, 0.717) is 0 Å². The molecule has 2 heterocycles. The molecule has 2 aromatic heterocycles. The highest BCUT2D eigenvalue weighted by molar-refractivity contribution is 5.78. The molecular weight excluding hydrogens is 308 g/mol. The van der Waals surface area contributed by atoms with Crippen molar-refractivity contribution in [3.63, 3.8) is 0 Å². The van der Waals surface area contributed by atoms with E-state index in [1.165, 1.54) is 0 Å². The summed E-state index contributed by atoms with van der Waals surface area (Å²) >= 11 is 0. The maximum Gasteiger partial charge on any atom is 0.176 e. The normalized spacial score (nSPS) is 11.8. The SMILES string of the molecule is CC(C)(C)c1cc2nc(-c3ccccc3)c(-c3ccccc3)nn2n1. The molecule has 0 saturated heterocycles. The lowest BCUT2D eigenvalue weighted by molar-refractivity contribution is 0.556. The monoisotopic (exact) mass is 328 g/mol. The summed E-state index contributed by atoms with van der Waals surface area (Å²) in [7, 11) is 0. The molecule has 0 aliphatic heterocycles. The minimum Gasteiger partial charge on any atom is -0.225 e. The second kappa shape index (κ2) is 5.81. The Balaban J connectivity index is 2.00. The number of rotatable bonds is 2. The average molecular weight is 328 g/mol. The van der Waals surface area contributed by atoms with Crippen LogP contribution in [0.25, 0.3) is 28.2 Å². The lowest BCUT2D eigenvalue weighted by atomic mass is 9.93. The summed E-state index contributed by atoms with van der Waals surface area (Å²) in [5, 5.41) is 9.45. The van der Waals surface area contributed by atoms with Crippen molar-refractivity contribution in [1.29, 1.82) is 0 Å². The fourth-order valence-electron chi connectivity index (χ4n) is 2.78. The molecule has 0 unspecified atom stereocenters. The van der Waals surface area contributed by atoms with Crippen LogP contribution in [-0.4, -0.2) is 19.8 Å². The lowest BCUT2D eigenvalue weighted by Gasteiger charge is -2.13. The van der Waals surface area contributed by atoms with E-state index in [1.807, 2.05) is 42.5 Å². The van der Waals surface area contributed by atoms with Crippen molar-refractivity contribution in [2.75, 3.05) is 0 Å². The highest BCUT2D eigenvalue weighted by Gasteiger charge is 2.20. The average Bonchev–Trinajstić information content (AvgIpc) is 3.06. The van der Waals surface area contributed by atoms with Gasteiger partial charge in [0.15, 0.2) is 5.65 Å². The third kappa shape index (κ3) is 2.91. The maximum atomic E-state index is 4.89. The van der Waals surface area contributed by atoms with Crippen molar-refractivity contribution < 1.29 is 0 Å². The number of hydrogen-bond donors (Lipinski definition) is 0. The molecule has 0 radical (unpaired) electrons. The van der Waals surface area contributed by atoms with E-state index in [4.69, 9.17) is 10.1 Å². The van der Waals surface area contributed by atoms with Gasteiger partial charge in [-0.2, -0.15) is 5.10 Å². The van der Waals surface area contributed by atoms with Gasteiger partial charge in [-0.1, -0.05) is 81.4 Å². The number of benzene rings is 2. The number of aromatic nitrogens is 4. The van der Waals surface area contributed by atoms with E-state index >= 15 is 0 Å². The van der Waals surface area contributed by atoms with Gasteiger partial charge in [0.25, 0.3) is 0 Å². The summed E-state index contributed by atoms with van der Waals surface area (Å²) in [6.45, 7) is 6.43. The zero-order valence-electron chi connectivity index (χ0n) is 14.6. The van der Waals surface area contributed by atoms with E-state index < -0.39 is 0 Å². The fraction of sp³-hybridized carbons (Fsp3) is 0.190. The van der Waals surface area contributed by atoms with E-state index in [2.05, 4.69) is 50.1 Å². The molecule has 0 bridgehead atoms. The molecule has 124 valence electrons. The molecule has 0 aliphatic rings. The zero-order chi connectivity index (χ0) is 17.4. The molecule has 0 N–H and O–H groups in total. The lowest BCUT2D eigenvalue weighted by Crippen LogP contribution is -2.12. The molecule has 4 aromatic rings. The number of fused-ring (bicyclic) bond motifs is 1. The predicted molar refractivity (Wildman–Crippen MR) is 100 cm³/mol. The van der Waals surface area contributed by atoms with E-state index in [-0.39, 0.29) is 5.41 Å². The van der Waals surface area contributed by atoms with Crippen LogP contribution in [0.15, 0.2) is 66.7 Å². The second-order valence-corrected chi connectivity index (χ2v) is 7.17. The molecule has 25 heavy (non-hydrogen) atoms. The van der Waals surface area contributed by atoms with Crippen LogP contribution in [0.1, 0.15) is 26.5 Å². The first kappa shape index (κ1) is 15.5. The summed E-state index contributed by atoms with van der Waals surface area (Å²) in [6.07, 6.45) is 0. The Kier molecular flexibility index (Phi) is 3.61. The van der Waals surface area contributed by atoms with Gasteiger partial charge in [0, 0.05) is 22.6 Å². The van der Waals surface area contributed by atoms with Crippen LogP contribution in [0.3, 0.4) is 0 Å². The van der Waals surface area contributed by atoms with Crippen LogP contribution in [0.5, 0.6) is 0 Å². The molecule has 4 nitrogen and oxygen atoms in total. The first-order chi connectivity index (χ1) is 12.0.